The number of hydrogen-bond donors (Lipinski definition) is 1. The summed E-state index contributed by atoms with van der Waals surface area (Å²) in [5, 5.41) is 3.56. The van der Waals surface area contributed by atoms with E-state index in [4.69, 9.17) is 4.74 Å². The van der Waals surface area contributed by atoms with Crippen molar-refractivity contribution in [3.05, 3.63) is 59.4 Å². The van der Waals surface area contributed by atoms with Crippen molar-refractivity contribution in [3.8, 4) is 5.75 Å². The Bertz CT molecular complexity index is 622. The highest BCUT2D eigenvalue weighted by Gasteiger charge is 2.29. The normalized spacial score (nSPS) is 17.1. The lowest BCUT2D eigenvalue weighted by Crippen LogP contribution is -2.24. The molecule has 1 aromatic carbocycles. The van der Waals surface area contributed by atoms with Crippen molar-refractivity contribution in [2.75, 3.05) is 0 Å². The highest BCUT2D eigenvalue weighted by atomic mass is 16.5. The fraction of sp³-hybridized carbons (Fsp3) is 0.389. The zero-order valence-corrected chi connectivity index (χ0v) is 12.9. The molecule has 3 rings (SSSR count). The van der Waals surface area contributed by atoms with Gasteiger partial charge in [0.2, 0.25) is 0 Å². The van der Waals surface area contributed by atoms with Crippen molar-refractivity contribution in [3.63, 3.8) is 0 Å². The van der Waals surface area contributed by atoms with E-state index in [1.807, 2.05) is 12.4 Å². The summed E-state index contributed by atoms with van der Waals surface area (Å²) in [6.07, 6.45) is 4.65. The minimum absolute atomic E-state index is 0.0707. The van der Waals surface area contributed by atoms with Crippen molar-refractivity contribution in [2.24, 2.45) is 0 Å². The van der Waals surface area contributed by atoms with E-state index in [1.165, 1.54) is 16.7 Å². The van der Waals surface area contributed by atoms with Gasteiger partial charge < -0.3 is 10.1 Å². The van der Waals surface area contributed by atoms with E-state index in [2.05, 4.69) is 61.4 Å². The molecule has 0 fully saturated rings. The fourth-order valence-corrected chi connectivity index (χ4v) is 2.81. The molecule has 3 nitrogen and oxygen atoms in total. The Kier molecular flexibility index (Phi) is 3.68. The predicted octanol–water partition coefficient (Wildman–Crippen LogP) is 3.65. The molecule has 2 aromatic rings. The predicted molar refractivity (Wildman–Crippen MR) is 84.3 cm³/mol. The minimum atomic E-state index is -0.0707. The van der Waals surface area contributed by atoms with Gasteiger partial charge in [-0.05, 0) is 55.7 Å². The summed E-state index contributed by atoms with van der Waals surface area (Å²) in [6, 6.07) is 10.9. The highest BCUT2D eigenvalue weighted by molar-refractivity contribution is 5.41. The lowest BCUT2D eigenvalue weighted by atomic mass is 10.00. The number of fused-ring (bicyclic) bond motifs is 1. The second-order valence-electron chi connectivity index (χ2n) is 6.36. The summed E-state index contributed by atoms with van der Waals surface area (Å²) in [6.45, 7) is 7.30. The number of aromatic nitrogens is 1. The standard InChI is InChI=1S/C18H22N2O/c1-13(15-6-8-19-9-7-15)20-12-14-4-5-17-16(10-14)11-18(2,3)21-17/h4-10,13,20H,11-12H2,1-3H3. The number of pyridine rings is 1. The Hall–Kier alpha value is -1.87. The minimum Gasteiger partial charge on any atom is -0.487 e. The molecule has 0 saturated carbocycles. The van der Waals surface area contributed by atoms with Crippen LogP contribution in [0.2, 0.25) is 0 Å². The first kappa shape index (κ1) is 14.1. The van der Waals surface area contributed by atoms with Gasteiger partial charge >= 0.3 is 0 Å². The Morgan fingerprint density at radius 2 is 2.00 bits per heavy atom. The van der Waals surface area contributed by atoms with Gasteiger partial charge in [-0.15, -0.1) is 0 Å². The summed E-state index contributed by atoms with van der Waals surface area (Å²) in [7, 11) is 0. The van der Waals surface area contributed by atoms with Gasteiger partial charge in [0.1, 0.15) is 11.4 Å². The summed E-state index contributed by atoms with van der Waals surface area (Å²) >= 11 is 0. The molecular weight excluding hydrogens is 260 g/mol. The largest absolute Gasteiger partial charge is 0.487 e. The molecule has 21 heavy (non-hydrogen) atoms. The molecule has 2 heterocycles. The summed E-state index contributed by atoms with van der Waals surface area (Å²) < 4.78 is 5.92. The molecule has 1 aliphatic heterocycles. The van der Waals surface area contributed by atoms with Crippen LogP contribution in [-0.2, 0) is 13.0 Å². The first-order valence-corrected chi connectivity index (χ1v) is 7.48. The molecule has 1 aliphatic rings. The van der Waals surface area contributed by atoms with Gasteiger partial charge in [0.25, 0.3) is 0 Å². The molecular formula is C18H22N2O. The van der Waals surface area contributed by atoms with Crippen LogP contribution >= 0.6 is 0 Å². The van der Waals surface area contributed by atoms with E-state index in [0.717, 1.165) is 18.7 Å². The molecule has 3 heteroatoms. The van der Waals surface area contributed by atoms with Gasteiger partial charge in [0.15, 0.2) is 0 Å². The number of nitrogens with one attached hydrogen (secondary N) is 1. The third-order valence-corrected chi connectivity index (χ3v) is 3.95. The monoisotopic (exact) mass is 282 g/mol. The van der Waals surface area contributed by atoms with E-state index in [1.54, 1.807) is 0 Å². The number of ether oxygens (including phenoxy) is 1. The molecule has 1 aromatic heterocycles. The van der Waals surface area contributed by atoms with Gasteiger partial charge in [-0.3, -0.25) is 4.98 Å². The molecule has 0 bridgehead atoms. The van der Waals surface area contributed by atoms with Crippen LogP contribution in [0.25, 0.3) is 0 Å². The van der Waals surface area contributed by atoms with E-state index in [-0.39, 0.29) is 5.60 Å². The van der Waals surface area contributed by atoms with Crippen molar-refractivity contribution >= 4 is 0 Å². The average Bonchev–Trinajstić information content (AvgIpc) is 2.78. The van der Waals surface area contributed by atoms with Gasteiger partial charge in [0, 0.05) is 31.4 Å². The Labute approximate surface area is 126 Å². The third kappa shape index (κ3) is 3.24. The average molecular weight is 282 g/mol. The van der Waals surface area contributed by atoms with Crippen LogP contribution in [0, 0.1) is 0 Å². The maximum Gasteiger partial charge on any atom is 0.123 e. The van der Waals surface area contributed by atoms with E-state index >= 15 is 0 Å². The first-order valence-electron chi connectivity index (χ1n) is 7.48. The second kappa shape index (κ2) is 5.49. The van der Waals surface area contributed by atoms with Crippen molar-refractivity contribution in [2.45, 2.75) is 45.4 Å². The fourth-order valence-electron chi connectivity index (χ4n) is 2.81. The van der Waals surface area contributed by atoms with Crippen LogP contribution in [0.3, 0.4) is 0 Å². The number of nitrogens with zero attached hydrogens (tertiary/aromatic N) is 1. The maximum atomic E-state index is 5.92. The molecule has 0 spiro atoms. The second-order valence-corrected chi connectivity index (χ2v) is 6.36. The third-order valence-electron chi connectivity index (χ3n) is 3.95. The summed E-state index contributed by atoms with van der Waals surface area (Å²) in [4.78, 5) is 4.06. The number of hydrogen-bond acceptors (Lipinski definition) is 3. The summed E-state index contributed by atoms with van der Waals surface area (Å²) in [5.41, 5.74) is 3.81. The van der Waals surface area contributed by atoms with E-state index < -0.39 is 0 Å². The maximum absolute atomic E-state index is 5.92. The van der Waals surface area contributed by atoms with Crippen molar-refractivity contribution in [1.29, 1.82) is 0 Å². The Balaban J connectivity index is 1.65. The highest BCUT2D eigenvalue weighted by Crippen LogP contribution is 2.35. The van der Waals surface area contributed by atoms with Crippen LogP contribution in [0.15, 0.2) is 42.7 Å². The molecule has 0 saturated heterocycles. The lowest BCUT2D eigenvalue weighted by Gasteiger charge is -2.16. The summed E-state index contributed by atoms with van der Waals surface area (Å²) in [5.74, 6) is 1.03. The number of benzene rings is 1. The lowest BCUT2D eigenvalue weighted by molar-refractivity contribution is 0.138. The molecule has 1 unspecified atom stereocenters. The van der Waals surface area contributed by atoms with Crippen LogP contribution in [-0.4, -0.2) is 10.6 Å². The molecule has 1 N–H and O–H groups in total. The molecule has 0 aliphatic carbocycles. The van der Waals surface area contributed by atoms with Gasteiger partial charge in [-0.1, -0.05) is 12.1 Å². The quantitative estimate of drug-likeness (QED) is 0.929. The molecule has 110 valence electrons. The van der Waals surface area contributed by atoms with Gasteiger partial charge in [0.05, 0.1) is 0 Å². The topological polar surface area (TPSA) is 34.1 Å². The van der Waals surface area contributed by atoms with Crippen LogP contribution in [0.1, 0.15) is 43.5 Å². The van der Waals surface area contributed by atoms with E-state index in [0.29, 0.717) is 6.04 Å². The molecule has 0 amide bonds. The van der Waals surface area contributed by atoms with Crippen LogP contribution in [0.5, 0.6) is 5.75 Å². The van der Waals surface area contributed by atoms with Crippen molar-refractivity contribution in [1.82, 2.24) is 10.3 Å². The smallest absolute Gasteiger partial charge is 0.123 e. The van der Waals surface area contributed by atoms with Gasteiger partial charge in [-0.2, -0.15) is 0 Å². The zero-order chi connectivity index (χ0) is 14.9. The Morgan fingerprint density at radius 1 is 1.24 bits per heavy atom. The van der Waals surface area contributed by atoms with Crippen LogP contribution < -0.4 is 10.1 Å². The zero-order valence-electron chi connectivity index (χ0n) is 12.9. The van der Waals surface area contributed by atoms with Crippen molar-refractivity contribution < 1.29 is 4.74 Å². The number of rotatable bonds is 4. The Morgan fingerprint density at radius 3 is 2.76 bits per heavy atom. The van der Waals surface area contributed by atoms with E-state index in [9.17, 15) is 0 Å². The van der Waals surface area contributed by atoms with Crippen LogP contribution in [0.4, 0.5) is 0 Å². The van der Waals surface area contributed by atoms with Gasteiger partial charge in [-0.25, -0.2) is 0 Å². The first-order chi connectivity index (χ1) is 10.0. The molecule has 1 atom stereocenters. The molecule has 0 radical (unpaired) electrons. The SMILES string of the molecule is CC(NCc1ccc2c(c1)CC(C)(C)O2)c1ccncc1.